The van der Waals surface area contributed by atoms with E-state index in [9.17, 15) is 0 Å². The van der Waals surface area contributed by atoms with Gasteiger partial charge in [0.2, 0.25) is 0 Å². The SMILES string of the molecule is CCCN(C)CCNC(C)C1CCCO1. The van der Waals surface area contributed by atoms with Gasteiger partial charge in [-0.05, 0) is 39.8 Å². The lowest BCUT2D eigenvalue weighted by Gasteiger charge is -2.22. The fourth-order valence-electron chi connectivity index (χ4n) is 2.10. The minimum absolute atomic E-state index is 0.446. The predicted octanol–water partition coefficient (Wildman–Crippen LogP) is 1.49. The van der Waals surface area contributed by atoms with Crippen molar-refractivity contribution < 1.29 is 4.74 Å². The Morgan fingerprint density at radius 3 is 2.87 bits per heavy atom. The van der Waals surface area contributed by atoms with Crippen molar-refractivity contribution in [2.75, 3.05) is 33.3 Å². The highest BCUT2D eigenvalue weighted by atomic mass is 16.5. The highest BCUT2D eigenvalue weighted by Gasteiger charge is 2.21. The molecule has 1 fully saturated rings. The summed E-state index contributed by atoms with van der Waals surface area (Å²) in [5, 5.41) is 3.55. The second kappa shape index (κ2) is 7.20. The summed E-state index contributed by atoms with van der Waals surface area (Å²) < 4.78 is 5.64. The van der Waals surface area contributed by atoms with Crippen LogP contribution in [0.1, 0.15) is 33.1 Å². The van der Waals surface area contributed by atoms with Gasteiger partial charge < -0.3 is 15.0 Å². The van der Waals surface area contributed by atoms with Gasteiger partial charge in [-0.3, -0.25) is 0 Å². The summed E-state index contributed by atoms with van der Waals surface area (Å²) in [5.74, 6) is 0. The van der Waals surface area contributed by atoms with Crippen LogP contribution < -0.4 is 5.32 Å². The van der Waals surface area contributed by atoms with Gasteiger partial charge in [0, 0.05) is 25.7 Å². The van der Waals surface area contributed by atoms with Gasteiger partial charge in [-0.2, -0.15) is 0 Å². The first kappa shape index (κ1) is 12.9. The standard InChI is InChI=1S/C12H26N2O/c1-4-8-14(3)9-7-13-11(2)12-6-5-10-15-12/h11-13H,4-10H2,1-3H3. The van der Waals surface area contributed by atoms with Gasteiger partial charge in [-0.1, -0.05) is 6.92 Å². The fourth-order valence-corrected chi connectivity index (χ4v) is 2.10. The van der Waals surface area contributed by atoms with Crippen LogP contribution >= 0.6 is 0 Å². The van der Waals surface area contributed by atoms with E-state index in [2.05, 4.69) is 31.1 Å². The molecular formula is C12H26N2O. The molecule has 0 aliphatic carbocycles. The van der Waals surface area contributed by atoms with E-state index < -0.39 is 0 Å². The summed E-state index contributed by atoms with van der Waals surface area (Å²) in [6.07, 6.45) is 4.13. The summed E-state index contributed by atoms with van der Waals surface area (Å²) in [6, 6.07) is 0.502. The number of hydrogen-bond donors (Lipinski definition) is 1. The Hall–Kier alpha value is -0.120. The van der Waals surface area contributed by atoms with Crippen LogP contribution in [0.4, 0.5) is 0 Å². The summed E-state index contributed by atoms with van der Waals surface area (Å²) in [7, 11) is 2.18. The van der Waals surface area contributed by atoms with E-state index in [1.807, 2.05) is 0 Å². The minimum atomic E-state index is 0.446. The first-order valence-electron chi connectivity index (χ1n) is 6.27. The van der Waals surface area contributed by atoms with Crippen molar-refractivity contribution >= 4 is 0 Å². The summed E-state index contributed by atoms with van der Waals surface area (Å²) in [5.41, 5.74) is 0. The maximum atomic E-state index is 5.64. The first-order chi connectivity index (χ1) is 7.24. The van der Waals surface area contributed by atoms with Crippen molar-refractivity contribution in [1.29, 1.82) is 0 Å². The molecule has 0 spiro atoms. The van der Waals surface area contributed by atoms with Crippen LogP contribution in [-0.4, -0.2) is 50.3 Å². The van der Waals surface area contributed by atoms with Crippen LogP contribution in [0.2, 0.25) is 0 Å². The smallest absolute Gasteiger partial charge is 0.0726 e. The molecule has 2 atom stereocenters. The predicted molar refractivity (Wildman–Crippen MR) is 64.2 cm³/mol. The van der Waals surface area contributed by atoms with Gasteiger partial charge in [0.25, 0.3) is 0 Å². The quantitative estimate of drug-likeness (QED) is 0.695. The van der Waals surface area contributed by atoms with Crippen LogP contribution in [0.25, 0.3) is 0 Å². The molecule has 0 aromatic carbocycles. The Kier molecular flexibility index (Phi) is 6.22. The molecule has 1 aliphatic rings. The van der Waals surface area contributed by atoms with Crippen molar-refractivity contribution in [2.45, 2.75) is 45.3 Å². The molecule has 1 rings (SSSR count). The highest BCUT2D eigenvalue weighted by molar-refractivity contribution is 4.76. The Balaban J connectivity index is 2.03. The molecule has 0 amide bonds. The van der Waals surface area contributed by atoms with Crippen molar-refractivity contribution in [3.05, 3.63) is 0 Å². The van der Waals surface area contributed by atoms with Crippen molar-refractivity contribution in [3.63, 3.8) is 0 Å². The van der Waals surface area contributed by atoms with E-state index >= 15 is 0 Å². The van der Waals surface area contributed by atoms with E-state index in [4.69, 9.17) is 4.74 Å². The Morgan fingerprint density at radius 1 is 1.47 bits per heavy atom. The average Bonchev–Trinajstić information content (AvgIpc) is 2.70. The third kappa shape index (κ3) is 4.96. The number of hydrogen-bond acceptors (Lipinski definition) is 3. The van der Waals surface area contributed by atoms with Crippen LogP contribution in [0.15, 0.2) is 0 Å². The van der Waals surface area contributed by atoms with E-state index in [1.165, 1.54) is 25.8 Å². The monoisotopic (exact) mass is 214 g/mol. The number of nitrogens with zero attached hydrogens (tertiary/aromatic N) is 1. The topological polar surface area (TPSA) is 24.5 Å². The molecule has 1 saturated heterocycles. The molecule has 2 unspecified atom stereocenters. The summed E-state index contributed by atoms with van der Waals surface area (Å²) >= 11 is 0. The van der Waals surface area contributed by atoms with Gasteiger partial charge >= 0.3 is 0 Å². The zero-order valence-corrected chi connectivity index (χ0v) is 10.5. The molecule has 0 bridgehead atoms. The van der Waals surface area contributed by atoms with Gasteiger partial charge in [0.05, 0.1) is 6.10 Å². The van der Waals surface area contributed by atoms with Gasteiger partial charge in [0.15, 0.2) is 0 Å². The first-order valence-corrected chi connectivity index (χ1v) is 6.27. The molecule has 0 radical (unpaired) electrons. The van der Waals surface area contributed by atoms with E-state index in [1.54, 1.807) is 0 Å². The molecule has 1 aliphatic heterocycles. The normalized spacial score (nSPS) is 23.6. The Labute approximate surface area is 94.2 Å². The maximum Gasteiger partial charge on any atom is 0.0726 e. The molecule has 15 heavy (non-hydrogen) atoms. The largest absolute Gasteiger partial charge is 0.377 e. The Morgan fingerprint density at radius 2 is 2.27 bits per heavy atom. The fraction of sp³-hybridized carbons (Fsp3) is 1.00. The molecule has 0 saturated carbocycles. The Bertz CT molecular complexity index is 158. The lowest BCUT2D eigenvalue weighted by atomic mass is 10.1. The van der Waals surface area contributed by atoms with Crippen LogP contribution in [0.3, 0.4) is 0 Å². The molecule has 3 nitrogen and oxygen atoms in total. The lowest BCUT2D eigenvalue weighted by Crippen LogP contribution is -2.40. The van der Waals surface area contributed by atoms with Crippen molar-refractivity contribution in [3.8, 4) is 0 Å². The zero-order chi connectivity index (χ0) is 11.1. The van der Waals surface area contributed by atoms with E-state index in [0.29, 0.717) is 12.1 Å². The second-order valence-electron chi connectivity index (χ2n) is 4.60. The number of rotatable bonds is 7. The maximum absolute atomic E-state index is 5.64. The third-order valence-corrected chi connectivity index (χ3v) is 3.09. The minimum Gasteiger partial charge on any atom is -0.377 e. The number of ether oxygens (including phenoxy) is 1. The summed E-state index contributed by atoms with van der Waals surface area (Å²) in [6.45, 7) is 8.79. The average molecular weight is 214 g/mol. The second-order valence-corrected chi connectivity index (χ2v) is 4.60. The van der Waals surface area contributed by atoms with Crippen LogP contribution in [0, 0.1) is 0 Å². The molecule has 1 heterocycles. The molecule has 90 valence electrons. The molecule has 3 heteroatoms. The van der Waals surface area contributed by atoms with Gasteiger partial charge in [-0.25, -0.2) is 0 Å². The van der Waals surface area contributed by atoms with Crippen LogP contribution in [-0.2, 0) is 4.74 Å². The lowest BCUT2D eigenvalue weighted by molar-refractivity contribution is 0.0830. The van der Waals surface area contributed by atoms with Crippen LogP contribution in [0.5, 0.6) is 0 Å². The highest BCUT2D eigenvalue weighted by Crippen LogP contribution is 2.14. The zero-order valence-electron chi connectivity index (χ0n) is 10.5. The van der Waals surface area contributed by atoms with E-state index in [0.717, 1.165) is 19.7 Å². The van der Waals surface area contributed by atoms with Gasteiger partial charge in [0.1, 0.15) is 0 Å². The molecular weight excluding hydrogens is 188 g/mol. The number of likely N-dealkylation sites (N-methyl/N-ethyl adjacent to an activating group) is 1. The van der Waals surface area contributed by atoms with Crippen molar-refractivity contribution in [1.82, 2.24) is 10.2 Å². The molecule has 1 N–H and O–H groups in total. The third-order valence-electron chi connectivity index (χ3n) is 3.09. The molecule has 0 aromatic rings. The molecule has 0 aromatic heterocycles. The van der Waals surface area contributed by atoms with Crippen molar-refractivity contribution in [2.24, 2.45) is 0 Å². The van der Waals surface area contributed by atoms with E-state index in [-0.39, 0.29) is 0 Å². The summed E-state index contributed by atoms with van der Waals surface area (Å²) in [4.78, 5) is 2.37. The number of nitrogens with one attached hydrogen (secondary N) is 1. The van der Waals surface area contributed by atoms with Gasteiger partial charge in [-0.15, -0.1) is 0 Å².